The first-order chi connectivity index (χ1) is 14.6. The van der Waals surface area contributed by atoms with Gasteiger partial charge < -0.3 is 14.2 Å². The maximum absolute atomic E-state index is 13.0. The number of ether oxygens (including phenoxy) is 1. The van der Waals surface area contributed by atoms with Crippen molar-refractivity contribution in [2.24, 2.45) is 7.05 Å². The summed E-state index contributed by atoms with van der Waals surface area (Å²) in [4.78, 5) is 19.1. The SMILES string of the molecule is Cc1nc(-c2ccc(O[C@H]3CCN(C(=O)c4nn(C)c5ccccc45)C3)cc2)no1. The van der Waals surface area contributed by atoms with Crippen LogP contribution in [0.5, 0.6) is 5.75 Å². The lowest BCUT2D eigenvalue weighted by molar-refractivity contribution is 0.0767. The predicted molar refractivity (Wildman–Crippen MR) is 110 cm³/mol. The van der Waals surface area contributed by atoms with E-state index < -0.39 is 0 Å². The number of hydrogen-bond acceptors (Lipinski definition) is 6. The molecule has 0 saturated carbocycles. The van der Waals surface area contributed by atoms with Gasteiger partial charge in [-0.05, 0) is 30.3 Å². The molecule has 0 spiro atoms. The van der Waals surface area contributed by atoms with Crippen LogP contribution in [0.1, 0.15) is 22.8 Å². The van der Waals surface area contributed by atoms with Crippen LogP contribution in [-0.2, 0) is 7.05 Å². The fourth-order valence-corrected chi connectivity index (χ4v) is 3.82. The standard InChI is InChI=1S/C22H21N5O3/c1-14-23-21(25-30-14)15-7-9-16(10-8-15)29-17-11-12-27(13-17)22(28)20-18-5-3-4-6-19(18)26(2)24-20/h3-10,17H,11-13H2,1-2H3/t17-/m0/s1. The van der Waals surface area contributed by atoms with Gasteiger partial charge in [-0.15, -0.1) is 0 Å². The van der Waals surface area contributed by atoms with Gasteiger partial charge in [-0.3, -0.25) is 9.48 Å². The van der Waals surface area contributed by atoms with Crippen molar-refractivity contribution < 1.29 is 14.1 Å². The van der Waals surface area contributed by atoms with Crippen molar-refractivity contribution in [1.29, 1.82) is 0 Å². The Balaban J connectivity index is 1.26. The van der Waals surface area contributed by atoms with E-state index in [0.717, 1.165) is 28.6 Å². The Morgan fingerprint density at radius 1 is 1.17 bits per heavy atom. The molecule has 0 aliphatic carbocycles. The Bertz CT molecular complexity index is 1210. The van der Waals surface area contributed by atoms with Crippen LogP contribution in [0.3, 0.4) is 0 Å². The number of para-hydroxylation sites is 1. The van der Waals surface area contributed by atoms with Gasteiger partial charge in [0.15, 0.2) is 5.69 Å². The van der Waals surface area contributed by atoms with Crippen LogP contribution in [0.25, 0.3) is 22.3 Å². The number of likely N-dealkylation sites (tertiary alicyclic amines) is 1. The molecule has 1 aliphatic heterocycles. The van der Waals surface area contributed by atoms with Crippen molar-refractivity contribution in [3.8, 4) is 17.1 Å². The highest BCUT2D eigenvalue weighted by Crippen LogP contribution is 2.25. The zero-order chi connectivity index (χ0) is 20.7. The van der Waals surface area contributed by atoms with Crippen molar-refractivity contribution in [2.75, 3.05) is 13.1 Å². The van der Waals surface area contributed by atoms with Crippen LogP contribution in [0.4, 0.5) is 0 Å². The van der Waals surface area contributed by atoms with Gasteiger partial charge in [0, 0.05) is 37.9 Å². The Labute approximate surface area is 173 Å². The van der Waals surface area contributed by atoms with Gasteiger partial charge in [-0.25, -0.2) is 0 Å². The second-order valence-electron chi connectivity index (χ2n) is 7.43. The van der Waals surface area contributed by atoms with Gasteiger partial charge in [-0.2, -0.15) is 10.1 Å². The van der Waals surface area contributed by atoms with Gasteiger partial charge in [0.1, 0.15) is 11.9 Å². The van der Waals surface area contributed by atoms with E-state index in [4.69, 9.17) is 9.26 Å². The maximum Gasteiger partial charge on any atom is 0.275 e. The largest absolute Gasteiger partial charge is 0.489 e. The molecule has 3 heterocycles. The van der Waals surface area contributed by atoms with Crippen molar-refractivity contribution in [3.63, 3.8) is 0 Å². The van der Waals surface area contributed by atoms with Crippen molar-refractivity contribution in [2.45, 2.75) is 19.4 Å². The molecule has 1 aliphatic rings. The quantitative estimate of drug-likeness (QED) is 0.520. The lowest BCUT2D eigenvalue weighted by Crippen LogP contribution is -2.31. The molecule has 0 radical (unpaired) electrons. The summed E-state index contributed by atoms with van der Waals surface area (Å²) >= 11 is 0. The number of amides is 1. The first-order valence-electron chi connectivity index (χ1n) is 9.87. The van der Waals surface area contributed by atoms with Crippen LogP contribution >= 0.6 is 0 Å². The van der Waals surface area contributed by atoms with Crippen LogP contribution < -0.4 is 4.74 Å². The molecule has 0 bridgehead atoms. The fourth-order valence-electron chi connectivity index (χ4n) is 3.82. The number of carbonyl (C=O) groups excluding carboxylic acids is 1. The van der Waals surface area contributed by atoms with Crippen LogP contribution in [0.15, 0.2) is 53.1 Å². The summed E-state index contributed by atoms with van der Waals surface area (Å²) < 4.78 is 12.9. The van der Waals surface area contributed by atoms with E-state index in [-0.39, 0.29) is 12.0 Å². The molecule has 0 unspecified atom stereocenters. The van der Waals surface area contributed by atoms with E-state index in [1.807, 2.05) is 60.5 Å². The van der Waals surface area contributed by atoms with E-state index in [1.165, 1.54) is 0 Å². The third kappa shape index (κ3) is 3.30. The van der Waals surface area contributed by atoms with Crippen LogP contribution in [0, 0.1) is 6.92 Å². The Hall–Kier alpha value is -3.68. The molecule has 8 nitrogen and oxygen atoms in total. The van der Waals surface area contributed by atoms with Crippen molar-refractivity contribution in [3.05, 3.63) is 60.1 Å². The molecule has 152 valence electrons. The number of aromatic nitrogens is 4. The summed E-state index contributed by atoms with van der Waals surface area (Å²) in [6.07, 6.45) is 0.727. The number of fused-ring (bicyclic) bond motifs is 1. The average Bonchev–Trinajstić information content (AvgIpc) is 3.48. The maximum atomic E-state index is 13.0. The number of benzene rings is 2. The summed E-state index contributed by atoms with van der Waals surface area (Å²) in [6, 6.07) is 15.4. The lowest BCUT2D eigenvalue weighted by Gasteiger charge is -2.16. The minimum absolute atomic E-state index is 0.0535. The highest BCUT2D eigenvalue weighted by atomic mass is 16.5. The highest BCUT2D eigenvalue weighted by molar-refractivity contribution is 6.04. The second kappa shape index (κ2) is 7.29. The summed E-state index contributed by atoms with van der Waals surface area (Å²) in [6.45, 7) is 2.94. The number of rotatable bonds is 4. The number of nitrogens with zero attached hydrogens (tertiary/aromatic N) is 5. The van der Waals surface area contributed by atoms with E-state index in [9.17, 15) is 4.79 Å². The first-order valence-corrected chi connectivity index (χ1v) is 9.87. The molecule has 2 aromatic heterocycles. The molecular formula is C22H21N5O3. The molecule has 30 heavy (non-hydrogen) atoms. The topological polar surface area (TPSA) is 86.3 Å². The minimum Gasteiger partial charge on any atom is -0.489 e. The smallest absolute Gasteiger partial charge is 0.275 e. The third-order valence-corrected chi connectivity index (χ3v) is 5.34. The van der Waals surface area contributed by atoms with Gasteiger partial charge in [0.25, 0.3) is 5.91 Å². The number of carbonyl (C=O) groups is 1. The molecule has 5 rings (SSSR count). The fraction of sp³-hybridized carbons (Fsp3) is 0.273. The normalized spacial score (nSPS) is 16.3. The van der Waals surface area contributed by atoms with E-state index in [0.29, 0.717) is 30.5 Å². The molecule has 0 N–H and O–H groups in total. The Kier molecular flexibility index (Phi) is 4.46. The minimum atomic E-state index is -0.0549. The predicted octanol–water partition coefficient (Wildman–Crippen LogP) is 3.23. The molecule has 1 amide bonds. The van der Waals surface area contributed by atoms with Crippen molar-refractivity contribution in [1.82, 2.24) is 24.8 Å². The molecule has 1 saturated heterocycles. The summed E-state index contributed by atoms with van der Waals surface area (Å²) in [5.41, 5.74) is 2.31. The third-order valence-electron chi connectivity index (χ3n) is 5.34. The van der Waals surface area contributed by atoms with Gasteiger partial charge in [0.2, 0.25) is 11.7 Å². The summed E-state index contributed by atoms with van der Waals surface area (Å²) in [5, 5.41) is 9.25. The Morgan fingerprint density at radius 3 is 2.73 bits per heavy atom. The summed E-state index contributed by atoms with van der Waals surface area (Å²) in [7, 11) is 1.86. The van der Waals surface area contributed by atoms with Crippen LogP contribution in [0.2, 0.25) is 0 Å². The Morgan fingerprint density at radius 2 is 1.97 bits per heavy atom. The molecular weight excluding hydrogens is 382 g/mol. The number of aryl methyl sites for hydroxylation is 2. The molecule has 1 atom stereocenters. The lowest BCUT2D eigenvalue weighted by atomic mass is 10.2. The molecule has 1 fully saturated rings. The zero-order valence-corrected chi connectivity index (χ0v) is 16.8. The van der Waals surface area contributed by atoms with E-state index in [1.54, 1.807) is 11.6 Å². The second-order valence-corrected chi connectivity index (χ2v) is 7.43. The van der Waals surface area contributed by atoms with Crippen LogP contribution in [-0.4, -0.2) is 49.9 Å². The molecule has 8 heteroatoms. The number of hydrogen-bond donors (Lipinski definition) is 0. The summed E-state index contributed by atoms with van der Waals surface area (Å²) in [5.74, 6) is 1.78. The van der Waals surface area contributed by atoms with Gasteiger partial charge in [0.05, 0.1) is 12.1 Å². The van der Waals surface area contributed by atoms with Crippen molar-refractivity contribution >= 4 is 16.8 Å². The van der Waals surface area contributed by atoms with Gasteiger partial charge >= 0.3 is 0 Å². The average molecular weight is 403 g/mol. The molecule has 2 aromatic carbocycles. The van der Waals surface area contributed by atoms with E-state index in [2.05, 4.69) is 15.2 Å². The first kappa shape index (κ1) is 18.4. The molecule has 4 aromatic rings. The monoisotopic (exact) mass is 403 g/mol. The van der Waals surface area contributed by atoms with Gasteiger partial charge in [-0.1, -0.05) is 23.4 Å². The zero-order valence-electron chi connectivity index (χ0n) is 16.8. The van der Waals surface area contributed by atoms with E-state index >= 15 is 0 Å². The highest BCUT2D eigenvalue weighted by Gasteiger charge is 2.30.